The Balaban J connectivity index is 2.58. The highest BCUT2D eigenvalue weighted by Crippen LogP contribution is 2.34. The average molecular weight is 309 g/mol. The van der Waals surface area contributed by atoms with Crippen LogP contribution in [0, 0.1) is 10.8 Å². The maximum Gasteiger partial charge on any atom is 0.311 e. The molecule has 1 aromatic heterocycles. The number of nitrogens with zero attached hydrogens (tertiary/aromatic N) is 3. The second-order valence-corrected chi connectivity index (χ2v) is 7.32. The van der Waals surface area contributed by atoms with E-state index in [1.807, 2.05) is 34.6 Å². The molecule has 1 rings (SSSR count). The molecule has 6 heteroatoms. The van der Waals surface area contributed by atoms with E-state index < -0.39 is 5.41 Å². The van der Waals surface area contributed by atoms with Crippen molar-refractivity contribution in [3.63, 3.8) is 0 Å². The van der Waals surface area contributed by atoms with Gasteiger partial charge in [0.1, 0.15) is 12.3 Å². The smallest absolute Gasteiger partial charge is 0.311 e. The van der Waals surface area contributed by atoms with E-state index in [4.69, 9.17) is 4.74 Å². The number of hydrogen-bond donors (Lipinski definition) is 1. The number of hydrogen-bond acceptors (Lipinski definition) is 5. The lowest BCUT2D eigenvalue weighted by Crippen LogP contribution is -2.33. The molecule has 0 aliphatic heterocycles. The van der Waals surface area contributed by atoms with Gasteiger partial charge in [-0.05, 0) is 32.6 Å². The number of aromatic nitrogens is 3. The van der Waals surface area contributed by atoms with Crippen molar-refractivity contribution in [3.8, 4) is 0 Å². The number of aliphatic hydroxyl groups excluding tert-OH is 1. The lowest BCUT2D eigenvalue weighted by atomic mass is 9.75. The van der Waals surface area contributed by atoms with E-state index in [1.165, 1.54) is 0 Å². The molecule has 124 valence electrons. The molecule has 0 bridgehead atoms. The van der Waals surface area contributed by atoms with E-state index in [0.29, 0.717) is 18.7 Å². The van der Waals surface area contributed by atoms with Crippen LogP contribution in [0.15, 0.2) is 18.3 Å². The van der Waals surface area contributed by atoms with Crippen LogP contribution in [0.5, 0.6) is 0 Å². The van der Waals surface area contributed by atoms with Gasteiger partial charge in [-0.1, -0.05) is 31.2 Å². The van der Waals surface area contributed by atoms with Gasteiger partial charge in [-0.15, -0.1) is 5.10 Å². The Morgan fingerprint density at radius 2 is 2.05 bits per heavy atom. The van der Waals surface area contributed by atoms with Gasteiger partial charge in [0.15, 0.2) is 0 Å². The highest BCUT2D eigenvalue weighted by Gasteiger charge is 2.35. The van der Waals surface area contributed by atoms with Crippen LogP contribution in [-0.4, -0.2) is 32.7 Å². The van der Waals surface area contributed by atoms with Gasteiger partial charge >= 0.3 is 5.97 Å². The zero-order valence-electron chi connectivity index (χ0n) is 14.2. The van der Waals surface area contributed by atoms with E-state index in [2.05, 4.69) is 16.9 Å². The number of esters is 1. The molecule has 6 nitrogen and oxygen atoms in total. The van der Waals surface area contributed by atoms with Crippen LogP contribution in [0.4, 0.5) is 0 Å². The Labute approximate surface area is 132 Å². The van der Waals surface area contributed by atoms with Crippen LogP contribution in [-0.2, 0) is 22.7 Å². The quantitative estimate of drug-likeness (QED) is 0.589. The molecule has 0 amide bonds. The zero-order valence-corrected chi connectivity index (χ0v) is 14.2. The van der Waals surface area contributed by atoms with Crippen LogP contribution >= 0.6 is 0 Å². The lowest BCUT2D eigenvalue weighted by Gasteiger charge is -2.31. The van der Waals surface area contributed by atoms with Crippen molar-refractivity contribution in [1.29, 1.82) is 0 Å². The fourth-order valence-electron chi connectivity index (χ4n) is 2.42. The zero-order chi connectivity index (χ0) is 17.0. The SMILES string of the molecule is C=C(C)Cn1cc(COC(=O)C(C)(C)CC(C)(C)CO)nn1. The third kappa shape index (κ3) is 5.60. The summed E-state index contributed by atoms with van der Waals surface area (Å²) in [5.74, 6) is -0.302. The van der Waals surface area contributed by atoms with Gasteiger partial charge in [0.05, 0.1) is 18.2 Å². The number of allylic oxidation sites excluding steroid dienone is 1. The maximum atomic E-state index is 12.2. The van der Waals surface area contributed by atoms with Crippen LogP contribution in [0.1, 0.15) is 46.7 Å². The van der Waals surface area contributed by atoms with Crippen molar-refractivity contribution in [2.75, 3.05) is 6.61 Å². The van der Waals surface area contributed by atoms with Gasteiger partial charge in [0, 0.05) is 6.61 Å². The summed E-state index contributed by atoms with van der Waals surface area (Å²) < 4.78 is 7.00. The Bertz CT molecular complexity index is 532. The number of carbonyl (C=O) groups excluding carboxylic acids is 1. The predicted octanol–water partition coefficient (Wildman–Crippen LogP) is 2.33. The second kappa shape index (κ2) is 7.05. The van der Waals surface area contributed by atoms with Crippen molar-refractivity contribution in [2.45, 2.75) is 54.2 Å². The van der Waals surface area contributed by atoms with Crippen LogP contribution in [0.25, 0.3) is 0 Å². The van der Waals surface area contributed by atoms with Gasteiger partial charge in [-0.3, -0.25) is 4.79 Å². The van der Waals surface area contributed by atoms with Crippen LogP contribution < -0.4 is 0 Å². The van der Waals surface area contributed by atoms with E-state index >= 15 is 0 Å². The minimum absolute atomic E-state index is 0.0267. The molecule has 0 aromatic carbocycles. The molecule has 1 aromatic rings. The molecule has 0 aliphatic rings. The Morgan fingerprint density at radius 1 is 1.41 bits per heavy atom. The molecule has 0 spiro atoms. The molecule has 0 saturated carbocycles. The van der Waals surface area contributed by atoms with Crippen molar-refractivity contribution < 1.29 is 14.6 Å². The minimum Gasteiger partial charge on any atom is -0.459 e. The van der Waals surface area contributed by atoms with Crippen LogP contribution in [0.2, 0.25) is 0 Å². The molecule has 0 atom stereocenters. The summed E-state index contributed by atoms with van der Waals surface area (Å²) in [6.45, 7) is 13.9. The molecular weight excluding hydrogens is 282 g/mol. The topological polar surface area (TPSA) is 77.2 Å². The molecule has 1 heterocycles. The van der Waals surface area contributed by atoms with Crippen molar-refractivity contribution in [2.24, 2.45) is 10.8 Å². The van der Waals surface area contributed by atoms with Gasteiger partial charge in [-0.25, -0.2) is 4.68 Å². The summed E-state index contributed by atoms with van der Waals surface area (Å²) in [7, 11) is 0. The number of rotatable bonds is 8. The molecule has 0 saturated heterocycles. The third-order valence-corrected chi connectivity index (χ3v) is 3.27. The normalized spacial score (nSPS) is 12.3. The molecular formula is C16H27N3O3. The van der Waals surface area contributed by atoms with Gasteiger partial charge in [-0.2, -0.15) is 0 Å². The molecule has 0 unspecified atom stereocenters. The van der Waals surface area contributed by atoms with Crippen molar-refractivity contribution in [3.05, 3.63) is 24.0 Å². The van der Waals surface area contributed by atoms with E-state index in [-0.39, 0.29) is 24.6 Å². The predicted molar refractivity (Wildman–Crippen MR) is 83.9 cm³/mol. The fraction of sp³-hybridized carbons (Fsp3) is 0.688. The van der Waals surface area contributed by atoms with E-state index in [9.17, 15) is 9.90 Å². The first kappa shape index (κ1) is 18.4. The van der Waals surface area contributed by atoms with Gasteiger partial charge in [0.25, 0.3) is 0 Å². The summed E-state index contributed by atoms with van der Waals surface area (Å²) in [5, 5.41) is 17.3. The first-order chi connectivity index (χ1) is 10.1. The second-order valence-electron chi connectivity index (χ2n) is 7.32. The molecule has 0 fully saturated rings. The monoisotopic (exact) mass is 309 g/mol. The van der Waals surface area contributed by atoms with Crippen molar-refractivity contribution >= 4 is 5.97 Å². The number of aliphatic hydroxyl groups is 1. The van der Waals surface area contributed by atoms with E-state index in [1.54, 1.807) is 10.9 Å². The third-order valence-electron chi connectivity index (χ3n) is 3.27. The number of ether oxygens (including phenoxy) is 1. The first-order valence-corrected chi connectivity index (χ1v) is 7.37. The Kier molecular flexibility index (Phi) is 5.88. The first-order valence-electron chi connectivity index (χ1n) is 7.37. The fourth-order valence-corrected chi connectivity index (χ4v) is 2.42. The molecule has 0 aliphatic carbocycles. The summed E-state index contributed by atoms with van der Waals surface area (Å²) in [6.07, 6.45) is 2.28. The minimum atomic E-state index is -0.667. The highest BCUT2D eigenvalue weighted by molar-refractivity contribution is 5.75. The summed E-state index contributed by atoms with van der Waals surface area (Å²) in [4.78, 5) is 12.2. The maximum absolute atomic E-state index is 12.2. The van der Waals surface area contributed by atoms with E-state index in [0.717, 1.165) is 5.57 Å². The molecule has 1 N–H and O–H groups in total. The molecule has 0 radical (unpaired) electrons. The summed E-state index contributed by atoms with van der Waals surface area (Å²) in [6, 6.07) is 0. The van der Waals surface area contributed by atoms with Crippen LogP contribution in [0.3, 0.4) is 0 Å². The van der Waals surface area contributed by atoms with Crippen molar-refractivity contribution in [1.82, 2.24) is 15.0 Å². The highest BCUT2D eigenvalue weighted by atomic mass is 16.5. The number of carbonyl (C=O) groups is 1. The van der Waals surface area contributed by atoms with Gasteiger partial charge in [0.2, 0.25) is 0 Å². The summed E-state index contributed by atoms with van der Waals surface area (Å²) in [5.41, 5.74) is 0.584. The Hall–Kier alpha value is -1.69. The Morgan fingerprint density at radius 3 is 2.59 bits per heavy atom. The summed E-state index contributed by atoms with van der Waals surface area (Å²) >= 11 is 0. The lowest BCUT2D eigenvalue weighted by molar-refractivity contribution is -0.157. The van der Waals surface area contributed by atoms with Gasteiger partial charge < -0.3 is 9.84 Å². The average Bonchev–Trinajstić information content (AvgIpc) is 2.81. The standard InChI is InChI=1S/C16H27N3O3/c1-12(2)7-19-8-13(17-18-19)9-22-14(21)16(5,6)10-15(3,4)11-20/h8,20H,1,7,9-11H2,2-6H3. The largest absolute Gasteiger partial charge is 0.459 e. The molecule has 22 heavy (non-hydrogen) atoms.